The van der Waals surface area contributed by atoms with Gasteiger partial charge < -0.3 is 10.6 Å². The minimum Gasteiger partial charge on any atom is -0.340 e. The molecule has 0 saturated carbocycles. The first-order chi connectivity index (χ1) is 19.3. The highest BCUT2D eigenvalue weighted by atomic mass is 32.2. The molecule has 1 aromatic heterocycles. The fourth-order valence-corrected chi connectivity index (χ4v) is 6.12. The van der Waals surface area contributed by atoms with Crippen LogP contribution in [-0.2, 0) is 16.6 Å². The van der Waals surface area contributed by atoms with Crippen LogP contribution in [0, 0.1) is 11.6 Å². The van der Waals surface area contributed by atoms with E-state index >= 15 is 0 Å². The van der Waals surface area contributed by atoms with Crippen LogP contribution in [-0.4, -0.2) is 53.8 Å². The number of anilines is 4. The van der Waals surface area contributed by atoms with Gasteiger partial charge in [-0.15, -0.1) is 0 Å². The maximum atomic E-state index is 13.5. The molecule has 2 heterocycles. The van der Waals surface area contributed by atoms with Crippen molar-refractivity contribution in [3.05, 3.63) is 102 Å². The summed E-state index contributed by atoms with van der Waals surface area (Å²) in [6.07, 6.45) is 2.98. The summed E-state index contributed by atoms with van der Waals surface area (Å²) in [5, 5.41) is 6.17. The number of piperidine rings is 1. The molecule has 3 aromatic carbocycles. The summed E-state index contributed by atoms with van der Waals surface area (Å²) >= 11 is 0. The van der Waals surface area contributed by atoms with Crippen LogP contribution in [0.5, 0.6) is 0 Å². The predicted octanol–water partition coefficient (Wildman–Crippen LogP) is 5.53. The van der Waals surface area contributed by atoms with E-state index < -0.39 is 10.0 Å². The molecule has 0 atom stereocenters. The Labute approximate surface area is 232 Å². The van der Waals surface area contributed by atoms with Gasteiger partial charge in [-0.1, -0.05) is 12.1 Å². The van der Waals surface area contributed by atoms with Gasteiger partial charge >= 0.3 is 0 Å². The van der Waals surface area contributed by atoms with Gasteiger partial charge in [0, 0.05) is 50.3 Å². The van der Waals surface area contributed by atoms with E-state index in [1.165, 1.54) is 28.6 Å². The summed E-state index contributed by atoms with van der Waals surface area (Å²) in [7, 11) is -2.06. The first-order valence-electron chi connectivity index (χ1n) is 12.9. The Hall–Kier alpha value is -3.93. The molecule has 0 radical (unpaired) electrons. The SMILES string of the molecule is CN(C1CCN(Cc2cccc(F)c2)CC1)S(=O)(=O)c1ccc(Nc2nccc(Nc3ccc(F)cc3)n2)cc1. The van der Waals surface area contributed by atoms with Crippen molar-refractivity contribution in [1.29, 1.82) is 0 Å². The molecule has 1 aliphatic heterocycles. The molecule has 5 rings (SSSR count). The van der Waals surface area contributed by atoms with Gasteiger partial charge in [0.15, 0.2) is 0 Å². The number of nitrogens with one attached hydrogen (secondary N) is 2. The average molecular weight is 565 g/mol. The Balaban J connectivity index is 1.18. The van der Waals surface area contributed by atoms with Gasteiger partial charge in [0.25, 0.3) is 0 Å². The van der Waals surface area contributed by atoms with Crippen molar-refractivity contribution in [2.45, 2.75) is 30.3 Å². The number of halogens is 2. The molecule has 0 unspecified atom stereocenters. The molecule has 4 aromatic rings. The van der Waals surface area contributed by atoms with Crippen LogP contribution in [0.4, 0.5) is 31.9 Å². The molecule has 0 bridgehead atoms. The molecular weight excluding hydrogens is 534 g/mol. The molecule has 1 aliphatic rings. The van der Waals surface area contributed by atoms with Crippen molar-refractivity contribution in [3.8, 4) is 0 Å². The third-order valence-corrected chi connectivity index (χ3v) is 8.85. The van der Waals surface area contributed by atoms with E-state index in [2.05, 4.69) is 25.5 Å². The Bertz CT molecular complexity index is 1540. The minimum atomic E-state index is -3.69. The molecule has 8 nitrogen and oxygen atoms in total. The third-order valence-electron chi connectivity index (χ3n) is 6.93. The normalized spacial score (nSPS) is 14.8. The first kappa shape index (κ1) is 27.6. The van der Waals surface area contributed by atoms with E-state index in [0.29, 0.717) is 42.5 Å². The van der Waals surface area contributed by atoms with Crippen LogP contribution < -0.4 is 10.6 Å². The molecular formula is C29H30F2N6O2S. The van der Waals surface area contributed by atoms with E-state index in [9.17, 15) is 17.2 Å². The van der Waals surface area contributed by atoms with Gasteiger partial charge in [-0.3, -0.25) is 4.90 Å². The fourth-order valence-electron chi connectivity index (χ4n) is 4.71. The summed E-state index contributed by atoms with van der Waals surface area (Å²) in [5.74, 6) is 0.270. The fraction of sp³-hybridized carbons (Fsp3) is 0.241. The van der Waals surface area contributed by atoms with E-state index in [1.54, 1.807) is 61.8 Å². The van der Waals surface area contributed by atoms with Gasteiger partial charge in [-0.05, 0) is 85.1 Å². The van der Waals surface area contributed by atoms with Crippen LogP contribution in [0.1, 0.15) is 18.4 Å². The molecule has 0 amide bonds. The molecule has 0 aliphatic carbocycles. The molecule has 11 heteroatoms. The van der Waals surface area contributed by atoms with Crippen LogP contribution >= 0.6 is 0 Å². The Morgan fingerprint density at radius 2 is 1.57 bits per heavy atom. The number of hydrogen-bond acceptors (Lipinski definition) is 7. The molecule has 1 fully saturated rings. The highest BCUT2D eigenvalue weighted by Crippen LogP contribution is 2.25. The zero-order chi connectivity index (χ0) is 28.1. The second-order valence-corrected chi connectivity index (χ2v) is 11.7. The summed E-state index contributed by atoms with van der Waals surface area (Å²) in [6.45, 7) is 2.11. The highest BCUT2D eigenvalue weighted by Gasteiger charge is 2.31. The van der Waals surface area contributed by atoms with Gasteiger partial charge in [-0.25, -0.2) is 22.2 Å². The number of aromatic nitrogens is 2. The second-order valence-electron chi connectivity index (χ2n) is 9.71. The number of sulfonamides is 1. The quantitative estimate of drug-likeness (QED) is 0.276. The van der Waals surface area contributed by atoms with Crippen molar-refractivity contribution in [2.24, 2.45) is 0 Å². The summed E-state index contributed by atoms with van der Waals surface area (Å²) in [4.78, 5) is 11.0. The van der Waals surface area contributed by atoms with Gasteiger partial charge in [0.1, 0.15) is 17.5 Å². The number of nitrogens with zero attached hydrogens (tertiary/aromatic N) is 4. The van der Waals surface area contributed by atoms with Crippen molar-refractivity contribution in [1.82, 2.24) is 19.2 Å². The third kappa shape index (κ3) is 6.79. The second kappa shape index (κ2) is 12.1. The number of benzene rings is 3. The molecule has 0 spiro atoms. The largest absolute Gasteiger partial charge is 0.340 e. The summed E-state index contributed by atoms with van der Waals surface area (Å²) < 4.78 is 54.8. The molecule has 2 N–H and O–H groups in total. The lowest BCUT2D eigenvalue weighted by Crippen LogP contribution is -2.45. The maximum absolute atomic E-state index is 13.5. The van der Waals surface area contributed by atoms with E-state index in [0.717, 1.165) is 18.7 Å². The molecule has 1 saturated heterocycles. The molecule has 208 valence electrons. The lowest BCUT2D eigenvalue weighted by Gasteiger charge is -2.36. The lowest BCUT2D eigenvalue weighted by atomic mass is 10.0. The summed E-state index contributed by atoms with van der Waals surface area (Å²) in [5.41, 5.74) is 2.22. The highest BCUT2D eigenvalue weighted by molar-refractivity contribution is 7.89. The van der Waals surface area contributed by atoms with Gasteiger partial charge in [0.05, 0.1) is 4.90 Å². The van der Waals surface area contributed by atoms with E-state index in [1.807, 2.05) is 6.07 Å². The lowest BCUT2D eigenvalue weighted by molar-refractivity contribution is 0.163. The first-order valence-corrected chi connectivity index (χ1v) is 14.4. The van der Waals surface area contributed by atoms with Crippen LogP contribution in [0.25, 0.3) is 0 Å². The smallest absolute Gasteiger partial charge is 0.243 e. The van der Waals surface area contributed by atoms with Crippen molar-refractivity contribution >= 4 is 33.2 Å². The maximum Gasteiger partial charge on any atom is 0.243 e. The Kier molecular flexibility index (Phi) is 8.34. The van der Waals surface area contributed by atoms with Gasteiger partial charge in [0.2, 0.25) is 16.0 Å². The summed E-state index contributed by atoms with van der Waals surface area (Å²) in [6, 6.07) is 20.5. The predicted molar refractivity (Wildman–Crippen MR) is 151 cm³/mol. The zero-order valence-electron chi connectivity index (χ0n) is 22.0. The number of rotatable bonds is 9. The Morgan fingerprint density at radius 3 is 2.27 bits per heavy atom. The van der Waals surface area contributed by atoms with Crippen LogP contribution in [0.2, 0.25) is 0 Å². The van der Waals surface area contributed by atoms with Gasteiger partial charge in [-0.2, -0.15) is 9.29 Å². The standard InChI is InChI=1S/C29H30F2N6O2S/c1-36(26-14-17-37(18-15-26)20-21-3-2-4-23(31)19-21)40(38,39)27-11-9-25(10-12-27)34-29-32-16-13-28(35-29)33-24-7-5-22(30)6-8-24/h2-13,16,19,26H,14-15,17-18,20H2,1H3,(H2,32,33,34,35). The minimum absolute atomic E-state index is 0.115. The number of hydrogen-bond donors (Lipinski definition) is 2. The van der Waals surface area contributed by atoms with Crippen LogP contribution in [0.3, 0.4) is 0 Å². The topological polar surface area (TPSA) is 90.5 Å². The Morgan fingerprint density at radius 1 is 0.900 bits per heavy atom. The van der Waals surface area contributed by atoms with Crippen molar-refractivity contribution < 1.29 is 17.2 Å². The van der Waals surface area contributed by atoms with E-state index in [-0.39, 0.29) is 22.6 Å². The molecule has 40 heavy (non-hydrogen) atoms. The monoisotopic (exact) mass is 564 g/mol. The average Bonchev–Trinajstić information content (AvgIpc) is 2.95. The van der Waals surface area contributed by atoms with Crippen LogP contribution in [0.15, 0.2) is 90.0 Å². The zero-order valence-corrected chi connectivity index (χ0v) is 22.8. The van der Waals surface area contributed by atoms with Crippen molar-refractivity contribution in [2.75, 3.05) is 30.8 Å². The number of likely N-dealkylation sites (tertiary alicyclic amines) is 1. The van der Waals surface area contributed by atoms with E-state index in [4.69, 9.17) is 0 Å². The van der Waals surface area contributed by atoms with Crippen molar-refractivity contribution in [3.63, 3.8) is 0 Å².